The lowest BCUT2D eigenvalue weighted by atomic mass is 10.0. The Hall–Kier alpha value is -0.970. The molecule has 6 heteroatoms. The van der Waals surface area contributed by atoms with E-state index in [-0.39, 0.29) is 36.8 Å². The van der Waals surface area contributed by atoms with Gasteiger partial charge in [-0.3, -0.25) is 4.79 Å². The molecule has 0 bridgehead atoms. The Morgan fingerprint density at radius 2 is 1.90 bits per heavy atom. The molecule has 0 unspecified atom stereocenters. The normalized spacial score (nSPS) is 15.7. The summed E-state index contributed by atoms with van der Waals surface area (Å²) >= 11 is 0. The summed E-state index contributed by atoms with van der Waals surface area (Å²) in [6, 6.07) is 7.50. The summed E-state index contributed by atoms with van der Waals surface area (Å²) in [4.78, 5) is 14.6. The molecule has 1 amide bonds. The van der Waals surface area contributed by atoms with Crippen LogP contribution in [0.1, 0.15) is 36.5 Å². The molecule has 0 aliphatic carbocycles. The third-order valence-corrected chi connectivity index (χ3v) is 3.67. The van der Waals surface area contributed by atoms with E-state index in [1.165, 1.54) is 6.42 Å². The number of carbonyl (C=O) groups excluding carboxylic acids is 1. The van der Waals surface area contributed by atoms with Gasteiger partial charge in [0.25, 0.3) is 5.91 Å². The van der Waals surface area contributed by atoms with Crippen LogP contribution in [0.25, 0.3) is 0 Å². The van der Waals surface area contributed by atoms with Gasteiger partial charge in [0.05, 0.1) is 5.56 Å². The fourth-order valence-corrected chi connectivity index (χ4v) is 2.58. The number of anilines is 1. The van der Waals surface area contributed by atoms with E-state index in [1.54, 1.807) is 12.1 Å². The number of nitrogen functional groups attached to an aromatic ring is 1. The largest absolute Gasteiger partial charge is 0.398 e. The third kappa shape index (κ3) is 5.73. The van der Waals surface area contributed by atoms with Gasteiger partial charge in [0.2, 0.25) is 0 Å². The fraction of sp³-hybridized carbons (Fsp3) is 0.533. The Morgan fingerprint density at radius 3 is 2.48 bits per heavy atom. The van der Waals surface area contributed by atoms with Crippen LogP contribution in [-0.4, -0.2) is 36.5 Å². The monoisotopic (exact) mass is 333 g/mol. The van der Waals surface area contributed by atoms with E-state index < -0.39 is 0 Å². The van der Waals surface area contributed by atoms with Crippen LogP contribution in [0, 0.1) is 0 Å². The lowest BCUT2D eigenvalue weighted by Crippen LogP contribution is -2.44. The van der Waals surface area contributed by atoms with Crippen LogP contribution in [0.5, 0.6) is 0 Å². The molecule has 0 aromatic heterocycles. The van der Waals surface area contributed by atoms with Gasteiger partial charge in [-0.15, -0.1) is 24.8 Å². The zero-order valence-corrected chi connectivity index (χ0v) is 14.0. The summed E-state index contributed by atoms with van der Waals surface area (Å²) in [7, 11) is 0. The van der Waals surface area contributed by atoms with Gasteiger partial charge in [-0.05, 0) is 37.9 Å². The van der Waals surface area contributed by atoms with Crippen molar-refractivity contribution >= 4 is 36.4 Å². The van der Waals surface area contributed by atoms with Crippen LogP contribution in [0.3, 0.4) is 0 Å². The van der Waals surface area contributed by atoms with Crippen molar-refractivity contribution in [1.29, 1.82) is 0 Å². The van der Waals surface area contributed by atoms with E-state index in [2.05, 4.69) is 17.1 Å². The summed E-state index contributed by atoms with van der Waals surface area (Å²) < 4.78 is 0. The summed E-state index contributed by atoms with van der Waals surface area (Å²) in [5.74, 6) is -0.0490. The lowest BCUT2D eigenvalue weighted by Gasteiger charge is -2.32. The molecule has 1 heterocycles. The van der Waals surface area contributed by atoms with E-state index in [9.17, 15) is 4.79 Å². The number of amides is 1. The highest BCUT2D eigenvalue weighted by Crippen LogP contribution is 2.14. The third-order valence-electron chi connectivity index (χ3n) is 3.67. The number of benzene rings is 1. The van der Waals surface area contributed by atoms with Crippen LogP contribution < -0.4 is 11.1 Å². The van der Waals surface area contributed by atoms with Crippen LogP contribution in [0.4, 0.5) is 5.69 Å². The van der Waals surface area contributed by atoms with Crippen LogP contribution in [-0.2, 0) is 0 Å². The summed E-state index contributed by atoms with van der Waals surface area (Å²) in [5, 5.41) is 3.09. The van der Waals surface area contributed by atoms with Crippen molar-refractivity contribution in [2.24, 2.45) is 0 Å². The molecular weight excluding hydrogens is 309 g/mol. The van der Waals surface area contributed by atoms with Gasteiger partial charge in [-0.25, -0.2) is 0 Å². The maximum atomic E-state index is 12.1. The zero-order valence-electron chi connectivity index (χ0n) is 12.4. The molecule has 4 nitrogen and oxygen atoms in total. The smallest absolute Gasteiger partial charge is 0.253 e. The highest BCUT2D eigenvalue weighted by molar-refractivity contribution is 5.99. The molecule has 0 saturated carbocycles. The molecule has 2 rings (SSSR count). The van der Waals surface area contributed by atoms with Crippen LogP contribution in [0.2, 0.25) is 0 Å². The molecule has 1 fully saturated rings. The van der Waals surface area contributed by atoms with Crippen molar-refractivity contribution < 1.29 is 4.79 Å². The van der Waals surface area contributed by atoms with E-state index in [4.69, 9.17) is 5.73 Å². The number of nitrogens with two attached hydrogens (primary N) is 1. The number of carbonyl (C=O) groups is 1. The van der Waals surface area contributed by atoms with Gasteiger partial charge < -0.3 is 16.0 Å². The summed E-state index contributed by atoms with van der Waals surface area (Å²) in [6.45, 7) is 5.50. The fourth-order valence-electron chi connectivity index (χ4n) is 2.58. The molecule has 0 radical (unpaired) electrons. The van der Waals surface area contributed by atoms with Gasteiger partial charge in [0.1, 0.15) is 0 Å². The van der Waals surface area contributed by atoms with Gasteiger partial charge in [-0.2, -0.15) is 0 Å². The Bertz CT molecular complexity index is 435. The van der Waals surface area contributed by atoms with Gasteiger partial charge >= 0.3 is 0 Å². The van der Waals surface area contributed by atoms with Crippen molar-refractivity contribution in [2.45, 2.75) is 32.2 Å². The number of nitrogens with zero attached hydrogens (tertiary/aromatic N) is 1. The zero-order chi connectivity index (χ0) is 13.7. The van der Waals surface area contributed by atoms with Crippen molar-refractivity contribution in [1.82, 2.24) is 10.2 Å². The molecule has 0 spiro atoms. The number of likely N-dealkylation sites (tertiary alicyclic amines) is 1. The van der Waals surface area contributed by atoms with E-state index in [0.29, 0.717) is 11.3 Å². The molecule has 1 aromatic rings. The Morgan fingerprint density at radius 1 is 1.29 bits per heavy atom. The average Bonchev–Trinajstić information content (AvgIpc) is 2.42. The SMILES string of the molecule is CCCN1CCC(NC(=O)c2ccccc2N)CC1.Cl.Cl. The lowest BCUT2D eigenvalue weighted by molar-refractivity contribution is 0.0912. The molecule has 1 aromatic carbocycles. The second-order valence-electron chi connectivity index (χ2n) is 5.18. The Labute approximate surface area is 139 Å². The molecule has 120 valence electrons. The van der Waals surface area contributed by atoms with Gasteiger partial charge in [-0.1, -0.05) is 19.1 Å². The quantitative estimate of drug-likeness (QED) is 0.833. The van der Waals surface area contributed by atoms with Crippen molar-refractivity contribution in [2.75, 3.05) is 25.4 Å². The highest BCUT2D eigenvalue weighted by Gasteiger charge is 2.21. The van der Waals surface area contributed by atoms with Crippen molar-refractivity contribution in [3.63, 3.8) is 0 Å². The first kappa shape index (κ1) is 20.0. The number of hydrogen-bond acceptors (Lipinski definition) is 3. The molecule has 21 heavy (non-hydrogen) atoms. The highest BCUT2D eigenvalue weighted by atomic mass is 35.5. The molecule has 1 aliphatic heterocycles. The number of para-hydroxylation sites is 1. The number of nitrogens with one attached hydrogen (secondary N) is 1. The van der Waals surface area contributed by atoms with E-state index in [0.717, 1.165) is 32.5 Å². The number of hydrogen-bond donors (Lipinski definition) is 2. The first-order valence-electron chi connectivity index (χ1n) is 7.08. The summed E-state index contributed by atoms with van der Waals surface area (Å²) in [6.07, 6.45) is 3.24. The average molecular weight is 334 g/mol. The molecule has 1 aliphatic rings. The minimum Gasteiger partial charge on any atom is -0.398 e. The topological polar surface area (TPSA) is 58.4 Å². The maximum absolute atomic E-state index is 12.1. The number of halogens is 2. The van der Waals surface area contributed by atoms with Crippen LogP contribution in [0.15, 0.2) is 24.3 Å². The maximum Gasteiger partial charge on any atom is 0.253 e. The first-order chi connectivity index (χ1) is 9.20. The second kappa shape index (κ2) is 9.87. The predicted molar refractivity (Wildman–Crippen MR) is 92.6 cm³/mol. The summed E-state index contributed by atoms with van der Waals surface area (Å²) in [5.41, 5.74) is 6.95. The van der Waals surface area contributed by atoms with E-state index in [1.807, 2.05) is 12.1 Å². The number of piperidine rings is 1. The second-order valence-corrected chi connectivity index (χ2v) is 5.18. The molecule has 0 atom stereocenters. The van der Waals surface area contributed by atoms with Crippen molar-refractivity contribution in [3.05, 3.63) is 29.8 Å². The van der Waals surface area contributed by atoms with Crippen LogP contribution >= 0.6 is 24.8 Å². The molecule has 3 N–H and O–H groups in total. The van der Waals surface area contributed by atoms with Crippen molar-refractivity contribution in [3.8, 4) is 0 Å². The van der Waals surface area contributed by atoms with Gasteiger partial charge in [0.15, 0.2) is 0 Å². The molecular formula is C15H25Cl2N3O. The number of rotatable bonds is 4. The molecule has 1 saturated heterocycles. The minimum atomic E-state index is -0.0490. The van der Waals surface area contributed by atoms with Gasteiger partial charge in [0, 0.05) is 24.8 Å². The Kier molecular flexibility index (Phi) is 9.42. The van der Waals surface area contributed by atoms with E-state index >= 15 is 0 Å². The predicted octanol–water partition coefficient (Wildman–Crippen LogP) is 2.72. The Balaban J connectivity index is 0.00000200. The first-order valence-corrected chi connectivity index (χ1v) is 7.08. The standard InChI is InChI=1S/C15H23N3O.2ClH/c1-2-9-18-10-7-12(8-11-18)17-15(19)13-5-3-4-6-14(13)16;;/h3-6,12H,2,7-11,16H2,1H3,(H,17,19);2*1H. The minimum absolute atomic E-state index is 0.